The van der Waals surface area contributed by atoms with Crippen LogP contribution < -0.4 is 0 Å². The van der Waals surface area contributed by atoms with Gasteiger partial charge >= 0.3 is 0 Å². The predicted molar refractivity (Wildman–Crippen MR) is 165 cm³/mol. The lowest BCUT2D eigenvalue weighted by atomic mass is 9.91. The fraction of sp³-hybridized carbons (Fsp3) is 0. The van der Waals surface area contributed by atoms with Crippen LogP contribution in [0.25, 0.3) is 76.5 Å². The third kappa shape index (κ3) is 3.30. The maximum atomic E-state index is 9.68. The number of nitrogens with zero attached hydrogens (tertiary/aromatic N) is 3. The first-order valence-corrected chi connectivity index (χ1v) is 13.3. The van der Waals surface area contributed by atoms with E-state index in [2.05, 4.69) is 96.0 Å². The molecule has 3 heteroatoms. The Kier molecular flexibility index (Phi) is 4.89. The first kappa shape index (κ1) is 22.4. The average molecular weight is 508 g/mol. The number of aromatic nitrogens is 2. The number of hydrogen-bond acceptors (Lipinski definition) is 3. The average Bonchev–Trinajstić information content (AvgIpc) is 3.03. The quantitative estimate of drug-likeness (QED) is 0.219. The minimum Gasteiger partial charge on any atom is -0.256 e. The van der Waals surface area contributed by atoms with Crippen LogP contribution >= 0.6 is 0 Å². The van der Waals surface area contributed by atoms with Crippen molar-refractivity contribution in [3.8, 4) is 28.5 Å². The molecule has 0 bridgehead atoms. The minimum absolute atomic E-state index is 0.683. The summed E-state index contributed by atoms with van der Waals surface area (Å²) in [6, 6.07) is 44.2. The summed E-state index contributed by atoms with van der Waals surface area (Å²) in [4.78, 5) is 9.95. The van der Waals surface area contributed by atoms with E-state index in [0.29, 0.717) is 5.56 Å². The standard InChI is InChI=1S/C37H21N3/c38-22-26-14-16-28(29-10-5-4-9-27(26)29)25-13-17-31-34(21-25)40-37(24-7-2-1-3-8-24)32-18-12-23-15-19-33-30(11-6-20-39-33)35(23)36(31)32/h1-21H. The molecule has 0 aliphatic carbocycles. The molecule has 0 saturated heterocycles. The van der Waals surface area contributed by atoms with Gasteiger partial charge in [-0.3, -0.25) is 4.98 Å². The van der Waals surface area contributed by atoms with Gasteiger partial charge in [0.15, 0.2) is 0 Å². The Morgan fingerprint density at radius 3 is 2.15 bits per heavy atom. The maximum Gasteiger partial charge on any atom is 0.0998 e. The number of rotatable bonds is 2. The molecule has 3 nitrogen and oxygen atoms in total. The van der Waals surface area contributed by atoms with Gasteiger partial charge in [0, 0.05) is 38.7 Å². The van der Waals surface area contributed by atoms with E-state index in [1.54, 1.807) is 0 Å². The molecule has 0 aliphatic rings. The largest absolute Gasteiger partial charge is 0.256 e. The molecule has 0 aliphatic heterocycles. The lowest BCUT2D eigenvalue weighted by molar-refractivity contribution is 1.42. The van der Waals surface area contributed by atoms with E-state index < -0.39 is 0 Å². The van der Waals surface area contributed by atoms with E-state index >= 15 is 0 Å². The molecule has 40 heavy (non-hydrogen) atoms. The monoisotopic (exact) mass is 507 g/mol. The third-order valence-electron chi connectivity index (χ3n) is 7.92. The molecule has 0 fully saturated rings. The van der Waals surface area contributed by atoms with E-state index in [-0.39, 0.29) is 0 Å². The van der Waals surface area contributed by atoms with Crippen molar-refractivity contribution >= 4 is 54.1 Å². The van der Waals surface area contributed by atoms with Crippen molar-refractivity contribution in [1.29, 1.82) is 5.26 Å². The molecular weight excluding hydrogens is 486 g/mol. The molecule has 0 atom stereocenters. The van der Waals surface area contributed by atoms with Gasteiger partial charge in [0.2, 0.25) is 0 Å². The van der Waals surface area contributed by atoms with Crippen molar-refractivity contribution in [1.82, 2.24) is 9.97 Å². The number of hydrogen-bond donors (Lipinski definition) is 0. The smallest absolute Gasteiger partial charge is 0.0998 e. The Morgan fingerprint density at radius 1 is 0.525 bits per heavy atom. The highest BCUT2D eigenvalue weighted by atomic mass is 14.7. The van der Waals surface area contributed by atoms with Crippen LogP contribution in [0.3, 0.4) is 0 Å². The SMILES string of the molecule is N#Cc1ccc(-c2ccc3c(c2)nc(-c2ccccc2)c2ccc4ccc5ncccc5c4c23)c2ccccc12. The molecule has 0 N–H and O–H groups in total. The van der Waals surface area contributed by atoms with Gasteiger partial charge < -0.3 is 0 Å². The Hall–Kier alpha value is -5.59. The predicted octanol–water partition coefficient (Wildman–Crippen LogP) is 9.45. The summed E-state index contributed by atoms with van der Waals surface area (Å²) in [6.07, 6.45) is 1.85. The van der Waals surface area contributed by atoms with Gasteiger partial charge in [0.05, 0.1) is 28.4 Å². The van der Waals surface area contributed by atoms with Gasteiger partial charge in [0.25, 0.3) is 0 Å². The van der Waals surface area contributed by atoms with Crippen LogP contribution in [0, 0.1) is 11.3 Å². The molecular formula is C37H21N3. The van der Waals surface area contributed by atoms with Crippen LogP contribution in [-0.4, -0.2) is 9.97 Å². The second kappa shape index (κ2) is 8.73. The lowest BCUT2D eigenvalue weighted by Gasteiger charge is -2.15. The molecule has 2 aromatic heterocycles. The Morgan fingerprint density at radius 2 is 1.27 bits per heavy atom. The summed E-state index contributed by atoms with van der Waals surface area (Å²) in [7, 11) is 0. The first-order valence-electron chi connectivity index (χ1n) is 13.3. The molecule has 6 aromatic carbocycles. The molecule has 0 saturated carbocycles. The van der Waals surface area contributed by atoms with Crippen molar-refractivity contribution in [3.05, 3.63) is 133 Å². The summed E-state index contributed by atoms with van der Waals surface area (Å²) in [5.74, 6) is 0. The highest BCUT2D eigenvalue weighted by Crippen LogP contribution is 2.41. The highest BCUT2D eigenvalue weighted by molar-refractivity contribution is 6.28. The molecule has 0 spiro atoms. The second-order valence-corrected chi connectivity index (χ2v) is 10.1. The van der Waals surface area contributed by atoms with Gasteiger partial charge in [0.1, 0.15) is 0 Å². The van der Waals surface area contributed by atoms with Crippen LogP contribution in [0.15, 0.2) is 128 Å². The zero-order chi connectivity index (χ0) is 26.6. The van der Waals surface area contributed by atoms with Crippen molar-refractivity contribution in [2.75, 3.05) is 0 Å². The van der Waals surface area contributed by atoms with Gasteiger partial charge in [-0.25, -0.2) is 4.98 Å². The fourth-order valence-corrected chi connectivity index (χ4v) is 6.10. The van der Waals surface area contributed by atoms with Crippen LogP contribution in [0.2, 0.25) is 0 Å². The van der Waals surface area contributed by atoms with E-state index in [1.807, 2.05) is 42.6 Å². The molecule has 0 radical (unpaired) electrons. The first-order chi connectivity index (χ1) is 19.8. The zero-order valence-corrected chi connectivity index (χ0v) is 21.5. The normalized spacial score (nSPS) is 11.5. The highest BCUT2D eigenvalue weighted by Gasteiger charge is 2.16. The Bertz CT molecular complexity index is 2330. The number of pyridine rings is 2. The molecule has 8 rings (SSSR count). The van der Waals surface area contributed by atoms with Crippen molar-refractivity contribution < 1.29 is 0 Å². The van der Waals surface area contributed by atoms with Gasteiger partial charge in [-0.15, -0.1) is 0 Å². The van der Waals surface area contributed by atoms with E-state index in [1.165, 1.54) is 16.2 Å². The van der Waals surface area contributed by atoms with Crippen LogP contribution in [0.4, 0.5) is 0 Å². The molecule has 8 aromatic rings. The summed E-state index contributed by atoms with van der Waals surface area (Å²) >= 11 is 0. The number of benzene rings is 6. The molecule has 184 valence electrons. The van der Waals surface area contributed by atoms with Crippen LogP contribution in [0.1, 0.15) is 5.56 Å². The number of nitriles is 1. The van der Waals surface area contributed by atoms with E-state index in [0.717, 1.165) is 60.3 Å². The van der Waals surface area contributed by atoms with Gasteiger partial charge in [-0.05, 0) is 51.6 Å². The number of fused-ring (bicyclic) bond motifs is 8. The second-order valence-electron chi connectivity index (χ2n) is 10.1. The lowest BCUT2D eigenvalue weighted by Crippen LogP contribution is -1.93. The third-order valence-corrected chi connectivity index (χ3v) is 7.92. The van der Waals surface area contributed by atoms with Crippen molar-refractivity contribution in [2.45, 2.75) is 0 Å². The van der Waals surface area contributed by atoms with E-state index in [4.69, 9.17) is 4.98 Å². The topological polar surface area (TPSA) is 49.6 Å². The molecule has 2 heterocycles. The van der Waals surface area contributed by atoms with Gasteiger partial charge in [-0.2, -0.15) is 5.26 Å². The Balaban J connectivity index is 1.52. The van der Waals surface area contributed by atoms with E-state index in [9.17, 15) is 5.26 Å². The van der Waals surface area contributed by atoms with Crippen molar-refractivity contribution in [3.63, 3.8) is 0 Å². The zero-order valence-electron chi connectivity index (χ0n) is 21.5. The van der Waals surface area contributed by atoms with Crippen molar-refractivity contribution in [2.24, 2.45) is 0 Å². The summed E-state index contributed by atoms with van der Waals surface area (Å²) in [6.45, 7) is 0. The van der Waals surface area contributed by atoms with Gasteiger partial charge in [-0.1, -0.05) is 97.1 Å². The summed E-state index contributed by atoms with van der Waals surface area (Å²) in [5.41, 5.74) is 6.81. The summed E-state index contributed by atoms with van der Waals surface area (Å²) in [5, 5.41) is 18.6. The van der Waals surface area contributed by atoms with Crippen LogP contribution in [-0.2, 0) is 0 Å². The Labute approximate surface area is 230 Å². The minimum atomic E-state index is 0.683. The maximum absolute atomic E-state index is 9.68. The molecule has 0 amide bonds. The summed E-state index contributed by atoms with van der Waals surface area (Å²) < 4.78 is 0. The fourth-order valence-electron chi connectivity index (χ4n) is 6.10. The van der Waals surface area contributed by atoms with Crippen LogP contribution in [0.5, 0.6) is 0 Å². The molecule has 0 unspecified atom stereocenters.